The number of hydrogen-bond acceptors (Lipinski definition) is 5. The number of hydrogen-bond donors (Lipinski definition) is 2. The van der Waals surface area contributed by atoms with Gasteiger partial charge < -0.3 is 11.1 Å². The first-order valence-corrected chi connectivity index (χ1v) is 10.7. The van der Waals surface area contributed by atoms with E-state index in [0.29, 0.717) is 11.5 Å². The second-order valence-corrected chi connectivity index (χ2v) is 9.08. The number of nitrogens with one attached hydrogen (secondary N) is 1. The van der Waals surface area contributed by atoms with E-state index in [4.69, 9.17) is 5.73 Å². The molecule has 0 unspecified atom stereocenters. The van der Waals surface area contributed by atoms with Crippen LogP contribution in [-0.4, -0.2) is 35.2 Å². The molecule has 1 saturated carbocycles. The number of likely N-dealkylation sites (tertiary alicyclic amines) is 1. The molecule has 0 atom stereocenters. The molecule has 4 rings (SSSR count). The minimum Gasteiger partial charge on any atom is -0.404 e. The fourth-order valence-corrected chi connectivity index (χ4v) is 3.88. The van der Waals surface area contributed by atoms with Crippen LogP contribution in [0.1, 0.15) is 43.4 Å². The lowest BCUT2D eigenvalue weighted by Crippen LogP contribution is -2.52. The van der Waals surface area contributed by atoms with Crippen LogP contribution in [0.15, 0.2) is 60.1 Å². The van der Waals surface area contributed by atoms with Crippen molar-refractivity contribution in [2.75, 3.05) is 18.4 Å². The number of aromatic nitrogens is 1. The molecule has 1 aromatic heterocycles. The summed E-state index contributed by atoms with van der Waals surface area (Å²) in [5.41, 5.74) is 11.7. The number of pyridine rings is 1. The molecule has 0 radical (unpaired) electrons. The Bertz CT molecular complexity index is 944. The van der Waals surface area contributed by atoms with E-state index < -0.39 is 0 Å². The number of benzene rings is 1. The molecule has 1 saturated heterocycles. The van der Waals surface area contributed by atoms with Crippen LogP contribution >= 0.6 is 0 Å². The van der Waals surface area contributed by atoms with Gasteiger partial charge in [0, 0.05) is 67.5 Å². The summed E-state index contributed by atoms with van der Waals surface area (Å²) in [6.45, 7) is 8.02. The van der Waals surface area contributed by atoms with Crippen molar-refractivity contribution < 1.29 is 0 Å². The average Bonchev–Trinajstić information content (AvgIpc) is 3.54. The zero-order valence-electron chi connectivity index (χ0n) is 17.9. The number of rotatable bonds is 8. The third-order valence-electron chi connectivity index (χ3n) is 5.49. The van der Waals surface area contributed by atoms with E-state index in [2.05, 4.69) is 58.3 Å². The van der Waals surface area contributed by atoms with E-state index in [1.54, 1.807) is 12.4 Å². The molecule has 2 heterocycles. The van der Waals surface area contributed by atoms with Crippen LogP contribution in [0.2, 0.25) is 0 Å². The Kier molecular flexibility index (Phi) is 6.00. The fourth-order valence-electron chi connectivity index (χ4n) is 3.88. The quantitative estimate of drug-likeness (QED) is 0.638. The van der Waals surface area contributed by atoms with E-state index >= 15 is 0 Å². The molecule has 5 heteroatoms. The van der Waals surface area contributed by atoms with Gasteiger partial charge in [-0.25, -0.2) is 0 Å². The van der Waals surface area contributed by atoms with Crippen molar-refractivity contribution in [3.63, 3.8) is 0 Å². The summed E-state index contributed by atoms with van der Waals surface area (Å²) in [6.07, 6.45) is 13.4. The summed E-state index contributed by atoms with van der Waals surface area (Å²) in [5, 5.41) is 3.35. The van der Waals surface area contributed by atoms with Gasteiger partial charge in [-0.15, -0.1) is 0 Å². The number of nitrogens with zero attached hydrogens (tertiary/aromatic N) is 3. The van der Waals surface area contributed by atoms with Crippen molar-refractivity contribution in [3.8, 4) is 0 Å². The Morgan fingerprint density at radius 1 is 1.23 bits per heavy atom. The van der Waals surface area contributed by atoms with Gasteiger partial charge in [-0.05, 0) is 53.7 Å². The van der Waals surface area contributed by atoms with Gasteiger partial charge in [-0.2, -0.15) is 0 Å². The van der Waals surface area contributed by atoms with Crippen LogP contribution in [0.25, 0.3) is 11.6 Å². The highest BCUT2D eigenvalue weighted by Gasteiger charge is 2.33. The number of anilines is 1. The Hall–Kier alpha value is -2.92. The maximum absolute atomic E-state index is 5.86. The first-order valence-electron chi connectivity index (χ1n) is 10.7. The lowest BCUT2D eigenvalue weighted by atomic mass is 9.84. The standard InChI is InChI=1S/C25H31N5/c1-25(2)17-30(18-25)16-19-3-5-22(6-4-19)28-12-9-20-14-27-11-10-24(20)21(13-26)15-29-23-7-8-23/h3-6,9-15,23,28H,7-8,16-18,26H2,1-2H3/b12-9+,21-13?,29-15?. The summed E-state index contributed by atoms with van der Waals surface area (Å²) in [5.74, 6) is 0. The molecule has 1 aromatic carbocycles. The first-order chi connectivity index (χ1) is 14.5. The van der Waals surface area contributed by atoms with Gasteiger partial charge >= 0.3 is 0 Å². The van der Waals surface area contributed by atoms with Gasteiger partial charge in [0.25, 0.3) is 0 Å². The molecule has 0 amide bonds. The summed E-state index contributed by atoms with van der Waals surface area (Å²) < 4.78 is 0. The molecular formula is C25H31N5. The third-order valence-corrected chi connectivity index (χ3v) is 5.49. The van der Waals surface area contributed by atoms with Gasteiger partial charge in [0.1, 0.15) is 0 Å². The lowest BCUT2D eigenvalue weighted by Gasteiger charge is -2.46. The van der Waals surface area contributed by atoms with E-state index in [1.807, 2.05) is 30.8 Å². The molecule has 3 N–H and O–H groups in total. The zero-order valence-corrected chi connectivity index (χ0v) is 17.9. The molecule has 156 valence electrons. The van der Waals surface area contributed by atoms with Crippen molar-refractivity contribution in [1.82, 2.24) is 9.88 Å². The van der Waals surface area contributed by atoms with Crippen LogP contribution in [0.4, 0.5) is 5.69 Å². The first kappa shape index (κ1) is 20.4. The molecule has 2 fully saturated rings. The van der Waals surface area contributed by atoms with Crippen molar-refractivity contribution in [2.45, 2.75) is 39.3 Å². The average molecular weight is 402 g/mol. The highest BCUT2D eigenvalue weighted by molar-refractivity contribution is 6.10. The predicted molar refractivity (Wildman–Crippen MR) is 126 cm³/mol. The van der Waals surface area contributed by atoms with E-state index in [-0.39, 0.29) is 0 Å². The van der Waals surface area contributed by atoms with E-state index in [9.17, 15) is 0 Å². The zero-order chi connectivity index (χ0) is 21.0. The summed E-state index contributed by atoms with van der Waals surface area (Å²) in [4.78, 5) is 11.3. The number of allylic oxidation sites excluding steroid dienone is 1. The largest absolute Gasteiger partial charge is 0.404 e. The molecule has 0 bridgehead atoms. The number of nitrogens with two attached hydrogens (primary N) is 1. The van der Waals surface area contributed by atoms with E-state index in [1.165, 1.54) is 31.5 Å². The maximum atomic E-state index is 5.86. The third kappa shape index (κ3) is 5.36. The lowest BCUT2D eigenvalue weighted by molar-refractivity contribution is 0.0242. The van der Waals surface area contributed by atoms with Gasteiger partial charge in [0.2, 0.25) is 0 Å². The maximum Gasteiger partial charge on any atom is 0.0501 e. The molecule has 1 aliphatic carbocycles. The van der Waals surface area contributed by atoms with Crippen molar-refractivity contribution >= 4 is 23.6 Å². The van der Waals surface area contributed by atoms with Crippen LogP contribution in [0, 0.1) is 5.41 Å². The molecule has 2 aliphatic rings. The Balaban J connectivity index is 1.36. The second kappa shape index (κ2) is 8.84. The van der Waals surface area contributed by atoms with E-state index in [0.717, 1.165) is 28.9 Å². The van der Waals surface area contributed by atoms with Crippen LogP contribution < -0.4 is 11.1 Å². The summed E-state index contributed by atoms with van der Waals surface area (Å²) in [7, 11) is 0. The Morgan fingerprint density at radius 2 is 2.00 bits per heavy atom. The summed E-state index contributed by atoms with van der Waals surface area (Å²) in [6, 6.07) is 11.1. The molecule has 0 spiro atoms. The van der Waals surface area contributed by atoms with Crippen molar-refractivity contribution in [2.24, 2.45) is 16.1 Å². The van der Waals surface area contributed by atoms with Crippen LogP contribution in [0.3, 0.4) is 0 Å². The van der Waals surface area contributed by atoms with Crippen molar-refractivity contribution in [1.29, 1.82) is 0 Å². The molecule has 30 heavy (non-hydrogen) atoms. The fraction of sp³-hybridized carbons (Fsp3) is 0.360. The van der Waals surface area contributed by atoms with Gasteiger partial charge in [0.05, 0.1) is 6.04 Å². The van der Waals surface area contributed by atoms with Gasteiger partial charge in [-0.1, -0.05) is 26.0 Å². The van der Waals surface area contributed by atoms with Gasteiger partial charge in [0.15, 0.2) is 0 Å². The molecular weight excluding hydrogens is 370 g/mol. The minimum atomic E-state index is 0.470. The topological polar surface area (TPSA) is 66.5 Å². The Morgan fingerprint density at radius 3 is 2.67 bits per heavy atom. The van der Waals surface area contributed by atoms with Crippen LogP contribution in [-0.2, 0) is 6.54 Å². The van der Waals surface area contributed by atoms with Gasteiger partial charge in [-0.3, -0.25) is 14.9 Å². The highest BCUT2D eigenvalue weighted by Crippen LogP contribution is 2.30. The van der Waals surface area contributed by atoms with Crippen molar-refractivity contribution in [3.05, 3.63) is 71.8 Å². The molecule has 5 nitrogen and oxygen atoms in total. The smallest absolute Gasteiger partial charge is 0.0501 e. The highest BCUT2D eigenvalue weighted by atomic mass is 15.2. The monoisotopic (exact) mass is 401 g/mol. The Labute approximate surface area is 179 Å². The minimum absolute atomic E-state index is 0.470. The SMILES string of the molecule is CC1(C)CN(Cc2ccc(N/C=C/c3cnccc3C(C=NC3CC3)=CN)cc2)C1. The second-order valence-electron chi connectivity index (χ2n) is 9.08. The molecule has 2 aromatic rings. The summed E-state index contributed by atoms with van der Waals surface area (Å²) >= 11 is 0. The van der Waals surface area contributed by atoms with Crippen LogP contribution in [0.5, 0.6) is 0 Å². The number of aliphatic imine (C=N–C) groups is 1. The molecule has 1 aliphatic heterocycles. The predicted octanol–water partition coefficient (Wildman–Crippen LogP) is 4.54. The normalized spacial score (nSPS) is 19.3.